The molecule has 0 aromatic carbocycles. The van der Waals surface area contributed by atoms with Gasteiger partial charge in [-0.05, 0) is 50.2 Å². The average molecular weight is 331 g/mol. The van der Waals surface area contributed by atoms with Crippen LogP contribution in [-0.2, 0) is 16.0 Å². The molecule has 3 heterocycles. The van der Waals surface area contributed by atoms with Crippen molar-refractivity contribution in [3.63, 3.8) is 0 Å². The first-order chi connectivity index (χ1) is 11.6. The Bertz CT molecular complexity index is 611. The Morgan fingerprint density at radius 2 is 2.00 bits per heavy atom. The fourth-order valence-electron chi connectivity index (χ4n) is 3.65. The zero-order valence-electron chi connectivity index (χ0n) is 14.1. The Morgan fingerprint density at radius 3 is 2.62 bits per heavy atom. The molecule has 2 aliphatic heterocycles. The fourth-order valence-corrected chi connectivity index (χ4v) is 3.65. The molecule has 6 heteroatoms. The number of amides is 2. The van der Waals surface area contributed by atoms with Crippen molar-refractivity contribution in [3.05, 3.63) is 29.6 Å². The molecule has 1 aromatic heterocycles. The van der Waals surface area contributed by atoms with Gasteiger partial charge in [-0.2, -0.15) is 0 Å². The van der Waals surface area contributed by atoms with Gasteiger partial charge in [0.1, 0.15) is 11.8 Å². The van der Waals surface area contributed by atoms with Crippen LogP contribution in [0.4, 0.5) is 0 Å². The molecule has 3 rings (SSSR count). The third kappa shape index (κ3) is 3.59. The molecular weight excluding hydrogens is 306 g/mol. The lowest BCUT2D eigenvalue weighted by Crippen LogP contribution is -2.42. The van der Waals surface area contributed by atoms with Gasteiger partial charge in [0.05, 0.1) is 6.10 Å². The van der Waals surface area contributed by atoms with E-state index in [4.69, 9.17) is 10.5 Å². The van der Waals surface area contributed by atoms with Gasteiger partial charge in [-0.15, -0.1) is 0 Å². The van der Waals surface area contributed by atoms with Crippen LogP contribution in [0.25, 0.3) is 0 Å². The van der Waals surface area contributed by atoms with Crippen LogP contribution in [0.2, 0.25) is 0 Å². The van der Waals surface area contributed by atoms with Crippen molar-refractivity contribution in [2.45, 2.75) is 51.2 Å². The monoisotopic (exact) mass is 331 g/mol. The van der Waals surface area contributed by atoms with E-state index < -0.39 is 6.10 Å². The highest BCUT2D eigenvalue weighted by atomic mass is 16.5. The van der Waals surface area contributed by atoms with Gasteiger partial charge in [-0.25, -0.2) is 4.98 Å². The highest BCUT2D eigenvalue weighted by Gasteiger charge is 2.36. The van der Waals surface area contributed by atoms with Gasteiger partial charge in [-0.1, -0.05) is 13.0 Å². The molecule has 2 atom stereocenters. The number of aromatic nitrogens is 1. The maximum absolute atomic E-state index is 12.6. The zero-order chi connectivity index (χ0) is 17.1. The van der Waals surface area contributed by atoms with Gasteiger partial charge in [0.15, 0.2) is 0 Å². The zero-order valence-corrected chi connectivity index (χ0v) is 14.1. The number of likely N-dealkylation sites (tertiary alicyclic amines) is 1. The molecular formula is C18H25N3O3. The summed E-state index contributed by atoms with van der Waals surface area (Å²) in [5.74, 6) is 0.0337. The van der Waals surface area contributed by atoms with Crippen molar-refractivity contribution >= 4 is 11.8 Å². The summed E-state index contributed by atoms with van der Waals surface area (Å²) in [4.78, 5) is 30.1. The molecule has 24 heavy (non-hydrogen) atoms. The number of piperidine rings is 1. The van der Waals surface area contributed by atoms with Crippen molar-refractivity contribution in [1.29, 1.82) is 0 Å². The topological polar surface area (TPSA) is 85.5 Å². The summed E-state index contributed by atoms with van der Waals surface area (Å²) in [6, 6.07) is 5.61. The Balaban J connectivity index is 1.55. The molecule has 2 amide bonds. The van der Waals surface area contributed by atoms with E-state index in [0.717, 1.165) is 31.4 Å². The van der Waals surface area contributed by atoms with Gasteiger partial charge >= 0.3 is 0 Å². The second-order valence-electron chi connectivity index (χ2n) is 6.64. The molecule has 2 fully saturated rings. The molecule has 0 aliphatic carbocycles. The van der Waals surface area contributed by atoms with Crippen molar-refractivity contribution in [1.82, 2.24) is 9.88 Å². The third-order valence-electron chi connectivity index (χ3n) is 5.11. The fraction of sp³-hybridized carbons (Fsp3) is 0.611. The van der Waals surface area contributed by atoms with Gasteiger partial charge < -0.3 is 15.4 Å². The van der Waals surface area contributed by atoms with Crippen LogP contribution in [0, 0.1) is 5.92 Å². The van der Waals surface area contributed by atoms with E-state index in [1.807, 2.05) is 24.0 Å². The number of primary amides is 1. The first kappa shape index (κ1) is 16.9. The quantitative estimate of drug-likeness (QED) is 0.906. The number of hydrogen-bond acceptors (Lipinski definition) is 4. The van der Waals surface area contributed by atoms with Gasteiger partial charge in [0, 0.05) is 18.8 Å². The lowest BCUT2D eigenvalue weighted by Gasteiger charge is -2.34. The molecule has 2 N–H and O–H groups in total. The minimum Gasteiger partial charge on any atom is -0.367 e. The highest BCUT2D eigenvalue weighted by Crippen LogP contribution is 2.32. The Kier molecular flexibility index (Phi) is 5.14. The van der Waals surface area contributed by atoms with Crippen LogP contribution in [0.5, 0.6) is 0 Å². The van der Waals surface area contributed by atoms with Crippen molar-refractivity contribution in [2.75, 3.05) is 13.1 Å². The predicted molar refractivity (Wildman–Crippen MR) is 89.3 cm³/mol. The minimum atomic E-state index is -0.435. The molecule has 0 saturated carbocycles. The molecule has 0 spiro atoms. The summed E-state index contributed by atoms with van der Waals surface area (Å²) in [6.45, 7) is 3.45. The Hall–Kier alpha value is -1.95. The normalized spacial score (nSPS) is 25.0. The van der Waals surface area contributed by atoms with Crippen molar-refractivity contribution < 1.29 is 14.3 Å². The molecule has 2 saturated heterocycles. The average Bonchev–Trinajstić information content (AvgIpc) is 3.12. The van der Waals surface area contributed by atoms with Crippen molar-refractivity contribution in [2.24, 2.45) is 11.7 Å². The number of carbonyl (C=O) groups is 2. The Labute approximate surface area is 142 Å². The number of ether oxygens (including phenoxy) is 1. The standard InChI is InChI=1S/C18H25N3O3/c1-2-13-4-3-5-14(20-13)18(23)21-10-8-12(9-11-21)15-6-7-16(24-15)17(19)22/h3-5,12,15-16H,2,6-11H2,1H3,(H2,19,22)/t15-,16+/m0/s1. The highest BCUT2D eigenvalue weighted by molar-refractivity contribution is 5.92. The summed E-state index contributed by atoms with van der Waals surface area (Å²) in [6.07, 6.45) is 3.88. The summed E-state index contributed by atoms with van der Waals surface area (Å²) in [5.41, 5.74) is 6.78. The minimum absolute atomic E-state index is 0.00565. The van der Waals surface area contributed by atoms with Gasteiger partial charge in [-0.3, -0.25) is 9.59 Å². The van der Waals surface area contributed by atoms with E-state index in [1.165, 1.54) is 0 Å². The molecule has 6 nitrogen and oxygen atoms in total. The van der Waals surface area contributed by atoms with Crippen LogP contribution in [-0.4, -0.2) is 47.0 Å². The predicted octanol–water partition coefficient (Wildman–Crippen LogP) is 1.53. The maximum Gasteiger partial charge on any atom is 0.272 e. The smallest absolute Gasteiger partial charge is 0.272 e. The molecule has 0 radical (unpaired) electrons. The number of nitrogens with two attached hydrogens (primary N) is 1. The van der Waals surface area contributed by atoms with Crippen molar-refractivity contribution in [3.8, 4) is 0 Å². The number of hydrogen-bond donors (Lipinski definition) is 1. The summed E-state index contributed by atoms with van der Waals surface area (Å²) in [5, 5.41) is 0. The number of carbonyl (C=O) groups excluding carboxylic acids is 2. The number of rotatable bonds is 4. The first-order valence-corrected chi connectivity index (χ1v) is 8.78. The number of pyridine rings is 1. The largest absolute Gasteiger partial charge is 0.367 e. The van der Waals surface area contributed by atoms with E-state index in [0.29, 0.717) is 31.1 Å². The van der Waals surface area contributed by atoms with E-state index in [9.17, 15) is 9.59 Å². The van der Waals surface area contributed by atoms with Crippen LogP contribution >= 0.6 is 0 Å². The molecule has 0 unspecified atom stereocenters. The number of nitrogens with zero attached hydrogens (tertiary/aromatic N) is 2. The van der Waals surface area contributed by atoms with Crippen LogP contribution in [0.1, 0.15) is 48.8 Å². The molecule has 130 valence electrons. The third-order valence-corrected chi connectivity index (χ3v) is 5.11. The summed E-state index contributed by atoms with van der Waals surface area (Å²) < 4.78 is 5.78. The van der Waals surface area contributed by atoms with Crippen LogP contribution in [0.15, 0.2) is 18.2 Å². The first-order valence-electron chi connectivity index (χ1n) is 8.78. The molecule has 1 aromatic rings. The Morgan fingerprint density at radius 1 is 1.25 bits per heavy atom. The van der Waals surface area contributed by atoms with Gasteiger partial charge in [0.2, 0.25) is 5.91 Å². The van der Waals surface area contributed by atoms with E-state index >= 15 is 0 Å². The SMILES string of the molecule is CCc1cccc(C(=O)N2CCC([C@@H]3CC[C@H](C(N)=O)O3)CC2)n1. The van der Waals surface area contributed by atoms with Crippen LogP contribution in [0.3, 0.4) is 0 Å². The lowest BCUT2D eigenvalue weighted by atomic mass is 9.89. The second kappa shape index (κ2) is 7.30. The maximum atomic E-state index is 12.6. The molecule has 2 aliphatic rings. The number of aryl methyl sites for hydroxylation is 1. The van der Waals surface area contributed by atoms with E-state index in [2.05, 4.69) is 4.98 Å². The van der Waals surface area contributed by atoms with Crippen LogP contribution < -0.4 is 5.73 Å². The molecule has 0 bridgehead atoms. The summed E-state index contributed by atoms with van der Waals surface area (Å²) in [7, 11) is 0. The second-order valence-corrected chi connectivity index (χ2v) is 6.64. The van der Waals surface area contributed by atoms with E-state index in [-0.39, 0.29) is 17.9 Å². The van der Waals surface area contributed by atoms with E-state index in [1.54, 1.807) is 6.07 Å². The van der Waals surface area contributed by atoms with Gasteiger partial charge in [0.25, 0.3) is 5.91 Å². The lowest BCUT2D eigenvalue weighted by molar-refractivity contribution is -0.130. The summed E-state index contributed by atoms with van der Waals surface area (Å²) >= 11 is 0.